The van der Waals surface area contributed by atoms with E-state index >= 15 is 0 Å². The zero-order valence-electron chi connectivity index (χ0n) is 21.5. The number of non-ortho nitro benzene ring substituents is 1. The van der Waals surface area contributed by atoms with Gasteiger partial charge in [0.1, 0.15) is 9.79 Å². The van der Waals surface area contributed by atoms with Crippen LogP contribution in [-0.4, -0.2) is 52.9 Å². The number of azo groups is 1. The predicted octanol–water partition coefficient (Wildman–Crippen LogP) is 5.93. The largest absolute Gasteiger partial charge is 0.313 e. The van der Waals surface area contributed by atoms with Gasteiger partial charge in [0.25, 0.3) is 25.9 Å². The number of nitrogens with zero attached hydrogens (tertiary/aromatic N) is 7. The monoisotopic (exact) mass is 665 g/mol. The van der Waals surface area contributed by atoms with Gasteiger partial charge in [0.05, 0.1) is 16.3 Å². The van der Waals surface area contributed by atoms with Crippen LogP contribution in [-0.2, 0) is 20.2 Å². The normalized spacial score (nSPS) is 12.2. The molecule has 0 aliphatic heterocycles. The van der Waals surface area contributed by atoms with E-state index in [0.717, 1.165) is 30.4 Å². The lowest BCUT2D eigenvalue weighted by molar-refractivity contribution is -0.385. The third-order valence-electron chi connectivity index (χ3n) is 5.59. The van der Waals surface area contributed by atoms with E-state index in [1.54, 1.807) is 36.2 Å². The summed E-state index contributed by atoms with van der Waals surface area (Å²) in [5.74, 6) is 0.203. The van der Waals surface area contributed by atoms with Gasteiger partial charge in [-0.05, 0) is 76.8 Å². The summed E-state index contributed by atoms with van der Waals surface area (Å²) in [6.45, 7) is 0. The van der Waals surface area contributed by atoms with E-state index in [1.165, 1.54) is 12.1 Å². The van der Waals surface area contributed by atoms with Crippen LogP contribution in [0.1, 0.15) is 11.1 Å². The molecule has 0 saturated carbocycles. The summed E-state index contributed by atoms with van der Waals surface area (Å²) < 4.78 is 67.0. The average Bonchev–Trinajstić information content (AvgIpc) is 2.93. The number of hydrogen-bond acceptors (Lipinski definition) is 12. The summed E-state index contributed by atoms with van der Waals surface area (Å²) >= 11 is 11.7. The van der Waals surface area contributed by atoms with Crippen molar-refractivity contribution in [3.05, 3.63) is 92.5 Å². The van der Waals surface area contributed by atoms with Crippen LogP contribution in [0.15, 0.2) is 80.7 Å². The minimum atomic E-state index is -4.87. The van der Waals surface area contributed by atoms with Crippen molar-refractivity contribution >= 4 is 84.3 Å². The minimum absolute atomic E-state index is 0.0504. The van der Waals surface area contributed by atoms with Gasteiger partial charge in [0.2, 0.25) is 16.5 Å². The summed E-state index contributed by atoms with van der Waals surface area (Å²) in [7, 11) is -7.99. The number of halogens is 2. The Morgan fingerprint density at radius 2 is 1.28 bits per heavy atom. The highest BCUT2D eigenvalue weighted by atomic mass is 35.5. The maximum Gasteiger partial charge on any atom is 0.295 e. The first kappa shape index (κ1) is 31.5. The van der Waals surface area contributed by atoms with Crippen molar-refractivity contribution in [2.24, 2.45) is 10.2 Å². The maximum absolute atomic E-state index is 12.1. The molecule has 1 aromatic heterocycles. The fourth-order valence-electron chi connectivity index (χ4n) is 3.56. The molecule has 0 radical (unpaired) electrons. The van der Waals surface area contributed by atoms with Crippen LogP contribution in [0, 0.1) is 10.1 Å². The quantitative estimate of drug-likeness (QED) is 0.0698. The van der Waals surface area contributed by atoms with Crippen molar-refractivity contribution in [2.75, 3.05) is 11.9 Å². The molecule has 0 atom stereocenters. The highest BCUT2D eigenvalue weighted by molar-refractivity contribution is 7.86. The van der Waals surface area contributed by atoms with E-state index in [1.807, 2.05) is 0 Å². The predicted molar refractivity (Wildman–Crippen MR) is 157 cm³/mol. The highest BCUT2D eigenvalue weighted by Crippen LogP contribution is 2.29. The number of anilines is 2. The van der Waals surface area contributed by atoms with Crippen LogP contribution in [0.2, 0.25) is 10.6 Å². The van der Waals surface area contributed by atoms with Crippen molar-refractivity contribution in [3.8, 4) is 0 Å². The number of nitro benzene ring substituents is 1. The topological polar surface area (TPSA) is 219 Å². The first-order valence-corrected chi connectivity index (χ1v) is 15.1. The zero-order chi connectivity index (χ0) is 31.5. The molecule has 0 saturated heterocycles. The van der Waals surface area contributed by atoms with E-state index in [0.29, 0.717) is 17.4 Å². The van der Waals surface area contributed by atoms with Gasteiger partial charge in [-0.25, -0.2) is 0 Å². The fraction of sp³-hybridized carbons (Fsp3) is 0.0417. The van der Waals surface area contributed by atoms with Crippen LogP contribution in [0.4, 0.5) is 28.7 Å². The second-order valence-electron chi connectivity index (χ2n) is 8.43. The van der Waals surface area contributed by atoms with E-state index in [-0.39, 0.29) is 33.3 Å². The van der Waals surface area contributed by atoms with Crippen LogP contribution in [0.25, 0.3) is 12.2 Å². The standard InChI is InChI=1S/C24H17Cl2N7O8S2/c1-32(24-28-22(25)27-23(26)29-24)18-10-7-16(8-11-18)30-31-17-6-4-14(20(12-17)42(36,37)38)2-3-15-5-9-19(33(34)35)13-21(15)43(39,40)41/h2-13H,1H3,(H,36,37,38)(H,39,40,41)/b3-2+,31-30?. The molecule has 2 N–H and O–H groups in total. The number of rotatable bonds is 9. The van der Waals surface area contributed by atoms with Gasteiger partial charge in [0.15, 0.2) is 0 Å². The molecule has 0 unspecified atom stereocenters. The lowest BCUT2D eigenvalue weighted by Crippen LogP contribution is -2.13. The van der Waals surface area contributed by atoms with Gasteiger partial charge in [0, 0.05) is 24.9 Å². The van der Waals surface area contributed by atoms with Gasteiger partial charge in [-0.1, -0.05) is 18.2 Å². The summed E-state index contributed by atoms with van der Waals surface area (Å²) in [5, 5.41) is 18.9. The molecule has 1 heterocycles. The van der Waals surface area contributed by atoms with Crippen LogP contribution in [0.3, 0.4) is 0 Å². The fourth-order valence-corrected chi connectivity index (χ4v) is 5.33. The molecule has 4 aromatic rings. The average molecular weight is 666 g/mol. The van der Waals surface area contributed by atoms with Crippen LogP contribution in [0.5, 0.6) is 0 Å². The first-order chi connectivity index (χ1) is 20.1. The Morgan fingerprint density at radius 1 is 0.791 bits per heavy atom. The third kappa shape index (κ3) is 7.92. The van der Waals surface area contributed by atoms with Crippen molar-refractivity contribution in [3.63, 3.8) is 0 Å². The van der Waals surface area contributed by atoms with Gasteiger partial charge >= 0.3 is 0 Å². The molecule has 0 spiro atoms. The third-order valence-corrected chi connectivity index (χ3v) is 7.75. The first-order valence-electron chi connectivity index (χ1n) is 11.5. The lowest BCUT2D eigenvalue weighted by atomic mass is 10.1. The Kier molecular flexibility index (Phi) is 9.14. The zero-order valence-corrected chi connectivity index (χ0v) is 24.6. The van der Waals surface area contributed by atoms with Crippen molar-refractivity contribution in [2.45, 2.75) is 9.79 Å². The van der Waals surface area contributed by atoms with E-state index in [2.05, 4.69) is 25.2 Å². The minimum Gasteiger partial charge on any atom is -0.313 e. The molecule has 0 bridgehead atoms. The van der Waals surface area contributed by atoms with Crippen molar-refractivity contribution in [1.82, 2.24) is 15.0 Å². The lowest BCUT2D eigenvalue weighted by Gasteiger charge is -2.16. The number of nitro groups is 1. The second-order valence-corrected chi connectivity index (χ2v) is 11.9. The van der Waals surface area contributed by atoms with Gasteiger partial charge < -0.3 is 4.90 Å². The van der Waals surface area contributed by atoms with E-state index in [4.69, 9.17) is 23.2 Å². The summed E-state index contributed by atoms with van der Waals surface area (Å²) in [4.78, 5) is 22.1. The van der Waals surface area contributed by atoms with Crippen molar-refractivity contribution in [1.29, 1.82) is 0 Å². The molecule has 0 aliphatic rings. The molecular formula is C24H17Cl2N7O8S2. The van der Waals surface area contributed by atoms with Crippen LogP contribution >= 0.6 is 23.2 Å². The molecule has 4 rings (SSSR count). The Bertz CT molecular complexity index is 1990. The maximum atomic E-state index is 12.1. The van der Waals surface area contributed by atoms with Gasteiger partial charge in [-0.2, -0.15) is 42.0 Å². The molecule has 0 aliphatic carbocycles. The molecule has 43 heavy (non-hydrogen) atoms. The molecule has 3 aromatic carbocycles. The number of aromatic nitrogens is 3. The van der Waals surface area contributed by atoms with Gasteiger partial charge in [-0.15, -0.1) is 0 Å². The van der Waals surface area contributed by atoms with Crippen LogP contribution < -0.4 is 4.90 Å². The van der Waals surface area contributed by atoms with E-state index < -0.39 is 40.6 Å². The smallest absolute Gasteiger partial charge is 0.295 e. The van der Waals surface area contributed by atoms with Gasteiger partial charge in [-0.3, -0.25) is 19.2 Å². The Labute approximate surface area is 253 Å². The second kappa shape index (κ2) is 12.5. The molecular weight excluding hydrogens is 649 g/mol. The summed E-state index contributed by atoms with van der Waals surface area (Å²) in [6, 6.07) is 13.0. The summed E-state index contributed by atoms with van der Waals surface area (Å²) in [5.41, 5.74) is 0.247. The molecule has 0 fully saturated rings. The molecule has 0 amide bonds. The SMILES string of the molecule is CN(c1ccc(N=Nc2ccc(/C=C/c3ccc([N+](=O)[O-])cc3S(=O)(=O)O)c(S(=O)(=O)O)c2)cc1)c1nc(Cl)nc(Cl)n1. The molecule has 19 heteroatoms. The summed E-state index contributed by atoms with van der Waals surface area (Å²) in [6.07, 6.45) is 2.25. The molecule has 15 nitrogen and oxygen atoms in total. The molecule has 222 valence electrons. The highest BCUT2D eigenvalue weighted by Gasteiger charge is 2.20. The van der Waals surface area contributed by atoms with Crippen molar-refractivity contribution < 1.29 is 30.9 Å². The Balaban J connectivity index is 1.60. The van der Waals surface area contributed by atoms with E-state index in [9.17, 15) is 36.1 Å². The Hall–Kier alpha value is -4.39. The number of hydrogen-bond donors (Lipinski definition) is 2. The number of benzene rings is 3. The Morgan fingerprint density at radius 3 is 1.81 bits per heavy atom.